The van der Waals surface area contributed by atoms with Crippen LogP contribution in [-0.2, 0) is 4.74 Å². The van der Waals surface area contributed by atoms with Crippen LogP contribution in [0, 0.1) is 0 Å². The molecule has 0 heterocycles. The minimum absolute atomic E-state index is 0.118. The molecule has 0 aliphatic rings. The van der Waals surface area contributed by atoms with Gasteiger partial charge in [0.25, 0.3) is 0 Å². The summed E-state index contributed by atoms with van der Waals surface area (Å²) >= 11 is 0. The molecular formula is C17H19N3O3. The fraction of sp³-hybridized carbons (Fsp3) is 0.176. The third-order valence-electron chi connectivity index (χ3n) is 3.20. The van der Waals surface area contributed by atoms with E-state index in [0.29, 0.717) is 11.4 Å². The zero-order valence-electron chi connectivity index (χ0n) is 13.0. The topological polar surface area (TPSA) is 79.5 Å². The lowest BCUT2D eigenvalue weighted by Crippen LogP contribution is -2.31. The summed E-state index contributed by atoms with van der Waals surface area (Å²) in [5.41, 5.74) is 2.12. The fourth-order valence-corrected chi connectivity index (χ4v) is 2.03. The quantitative estimate of drug-likeness (QED) is 0.804. The smallest absolute Gasteiger partial charge is 0.411 e. The number of anilines is 2. The zero-order valence-corrected chi connectivity index (χ0v) is 13.0. The van der Waals surface area contributed by atoms with Gasteiger partial charge in [0.2, 0.25) is 0 Å². The molecule has 0 saturated heterocycles. The number of hydrogen-bond acceptors (Lipinski definition) is 3. The van der Waals surface area contributed by atoms with E-state index in [-0.39, 0.29) is 12.1 Å². The van der Waals surface area contributed by atoms with Crippen molar-refractivity contribution in [2.24, 2.45) is 0 Å². The van der Waals surface area contributed by atoms with Gasteiger partial charge in [-0.25, -0.2) is 9.59 Å². The Morgan fingerprint density at radius 2 is 1.61 bits per heavy atom. The Hall–Kier alpha value is -3.02. The Kier molecular flexibility index (Phi) is 5.57. The fourth-order valence-electron chi connectivity index (χ4n) is 2.03. The highest BCUT2D eigenvalue weighted by Gasteiger charge is 2.09. The van der Waals surface area contributed by atoms with E-state index in [1.54, 1.807) is 24.3 Å². The Morgan fingerprint density at radius 3 is 2.26 bits per heavy atom. The zero-order chi connectivity index (χ0) is 16.7. The number of carbonyl (C=O) groups is 2. The van der Waals surface area contributed by atoms with Crippen molar-refractivity contribution in [3.05, 3.63) is 60.2 Å². The van der Waals surface area contributed by atoms with Gasteiger partial charge in [0.15, 0.2) is 0 Å². The van der Waals surface area contributed by atoms with Crippen LogP contribution in [0.3, 0.4) is 0 Å². The summed E-state index contributed by atoms with van der Waals surface area (Å²) in [6.07, 6.45) is -0.565. The number of amides is 3. The van der Waals surface area contributed by atoms with Crippen LogP contribution in [0.2, 0.25) is 0 Å². The molecule has 2 aromatic rings. The lowest BCUT2D eigenvalue weighted by Gasteiger charge is -2.15. The summed E-state index contributed by atoms with van der Waals surface area (Å²) in [6.45, 7) is 1.91. The summed E-state index contributed by atoms with van der Waals surface area (Å²) in [5, 5.41) is 8.13. The van der Waals surface area contributed by atoms with Gasteiger partial charge in [-0.15, -0.1) is 0 Å². The summed E-state index contributed by atoms with van der Waals surface area (Å²) in [5.74, 6) is 0. The second-order valence-electron chi connectivity index (χ2n) is 4.93. The standard InChI is InChI=1S/C17H19N3O3/c1-12(13-7-4-3-5-8-13)18-16(21)19-14-9-6-10-15(11-14)20-17(22)23-2/h3-12H,1-2H3,(H,20,22)(H2,18,19,21). The van der Waals surface area contributed by atoms with Crippen LogP contribution < -0.4 is 16.0 Å². The third kappa shape index (κ3) is 5.03. The molecule has 2 rings (SSSR count). The van der Waals surface area contributed by atoms with Gasteiger partial charge in [-0.1, -0.05) is 36.4 Å². The van der Waals surface area contributed by atoms with E-state index in [9.17, 15) is 9.59 Å². The number of urea groups is 1. The third-order valence-corrected chi connectivity index (χ3v) is 3.20. The average Bonchev–Trinajstić information content (AvgIpc) is 2.55. The van der Waals surface area contributed by atoms with Gasteiger partial charge in [-0.3, -0.25) is 5.32 Å². The number of nitrogens with one attached hydrogen (secondary N) is 3. The molecule has 120 valence electrons. The van der Waals surface area contributed by atoms with E-state index in [0.717, 1.165) is 5.56 Å². The minimum atomic E-state index is -0.565. The van der Waals surface area contributed by atoms with Crippen molar-refractivity contribution in [2.75, 3.05) is 17.7 Å². The molecular weight excluding hydrogens is 294 g/mol. The summed E-state index contributed by atoms with van der Waals surface area (Å²) in [6, 6.07) is 16.0. The first-order valence-electron chi connectivity index (χ1n) is 7.16. The minimum Gasteiger partial charge on any atom is -0.453 e. The maximum absolute atomic E-state index is 12.1. The van der Waals surface area contributed by atoms with Gasteiger partial charge in [0.1, 0.15) is 0 Å². The monoisotopic (exact) mass is 313 g/mol. The summed E-state index contributed by atoms with van der Waals surface area (Å²) in [7, 11) is 1.29. The van der Waals surface area contributed by atoms with Gasteiger partial charge in [0.05, 0.1) is 13.2 Å². The van der Waals surface area contributed by atoms with Crippen molar-refractivity contribution < 1.29 is 14.3 Å². The highest BCUT2D eigenvalue weighted by Crippen LogP contribution is 2.16. The van der Waals surface area contributed by atoms with Crippen LogP contribution >= 0.6 is 0 Å². The molecule has 0 bridgehead atoms. The van der Waals surface area contributed by atoms with Crippen LogP contribution in [0.1, 0.15) is 18.5 Å². The van der Waals surface area contributed by atoms with E-state index in [4.69, 9.17) is 0 Å². The number of benzene rings is 2. The van der Waals surface area contributed by atoms with Crippen LogP contribution in [0.4, 0.5) is 21.0 Å². The van der Waals surface area contributed by atoms with E-state index < -0.39 is 6.09 Å². The van der Waals surface area contributed by atoms with Gasteiger partial charge < -0.3 is 15.4 Å². The molecule has 23 heavy (non-hydrogen) atoms. The Balaban J connectivity index is 1.95. The molecule has 3 amide bonds. The predicted octanol–water partition coefficient (Wildman–Crippen LogP) is 3.75. The van der Waals surface area contributed by atoms with Crippen molar-refractivity contribution in [2.45, 2.75) is 13.0 Å². The van der Waals surface area contributed by atoms with E-state index >= 15 is 0 Å². The van der Waals surface area contributed by atoms with Crippen molar-refractivity contribution in [1.29, 1.82) is 0 Å². The highest BCUT2D eigenvalue weighted by atomic mass is 16.5. The van der Waals surface area contributed by atoms with Crippen molar-refractivity contribution in [3.8, 4) is 0 Å². The molecule has 6 nitrogen and oxygen atoms in total. The molecule has 0 aliphatic carbocycles. The molecule has 1 atom stereocenters. The van der Waals surface area contributed by atoms with Crippen molar-refractivity contribution >= 4 is 23.5 Å². The van der Waals surface area contributed by atoms with Crippen LogP contribution in [-0.4, -0.2) is 19.2 Å². The molecule has 0 aliphatic heterocycles. The second kappa shape index (κ2) is 7.84. The Labute approximate surface area is 134 Å². The van der Waals surface area contributed by atoms with E-state index in [1.807, 2.05) is 37.3 Å². The SMILES string of the molecule is COC(=O)Nc1cccc(NC(=O)NC(C)c2ccccc2)c1. The summed E-state index contributed by atoms with van der Waals surface area (Å²) < 4.78 is 4.53. The lowest BCUT2D eigenvalue weighted by molar-refractivity contribution is 0.187. The van der Waals surface area contributed by atoms with Gasteiger partial charge in [-0.05, 0) is 30.7 Å². The number of carbonyl (C=O) groups excluding carboxylic acids is 2. The average molecular weight is 313 g/mol. The number of ether oxygens (including phenoxy) is 1. The number of rotatable bonds is 4. The largest absolute Gasteiger partial charge is 0.453 e. The maximum Gasteiger partial charge on any atom is 0.411 e. The van der Waals surface area contributed by atoms with Crippen molar-refractivity contribution in [3.63, 3.8) is 0 Å². The highest BCUT2D eigenvalue weighted by molar-refractivity contribution is 5.91. The van der Waals surface area contributed by atoms with Crippen LogP contribution in [0.15, 0.2) is 54.6 Å². The van der Waals surface area contributed by atoms with Gasteiger partial charge in [0, 0.05) is 11.4 Å². The van der Waals surface area contributed by atoms with E-state index in [1.165, 1.54) is 7.11 Å². The first kappa shape index (κ1) is 16.4. The van der Waals surface area contributed by atoms with Gasteiger partial charge in [-0.2, -0.15) is 0 Å². The molecule has 0 radical (unpaired) electrons. The van der Waals surface area contributed by atoms with Crippen LogP contribution in [0.5, 0.6) is 0 Å². The first-order chi connectivity index (χ1) is 11.1. The van der Waals surface area contributed by atoms with Crippen molar-refractivity contribution in [1.82, 2.24) is 5.32 Å². The Morgan fingerprint density at radius 1 is 0.957 bits per heavy atom. The molecule has 6 heteroatoms. The molecule has 1 unspecified atom stereocenters. The lowest BCUT2D eigenvalue weighted by atomic mass is 10.1. The second-order valence-corrected chi connectivity index (χ2v) is 4.93. The molecule has 0 saturated carbocycles. The van der Waals surface area contributed by atoms with Crippen LogP contribution in [0.25, 0.3) is 0 Å². The molecule has 0 fully saturated rings. The molecule has 3 N–H and O–H groups in total. The normalized spacial score (nSPS) is 11.2. The van der Waals surface area contributed by atoms with Gasteiger partial charge >= 0.3 is 12.1 Å². The molecule has 0 aromatic heterocycles. The Bertz CT molecular complexity index is 674. The van der Waals surface area contributed by atoms with E-state index in [2.05, 4.69) is 20.7 Å². The maximum atomic E-state index is 12.1. The molecule has 2 aromatic carbocycles. The number of hydrogen-bond donors (Lipinski definition) is 3. The number of methoxy groups -OCH3 is 1. The molecule has 0 spiro atoms. The predicted molar refractivity (Wildman–Crippen MR) is 89.5 cm³/mol. The summed E-state index contributed by atoms with van der Waals surface area (Å²) in [4.78, 5) is 23.2. The first-order valence-corrected chi connectivity index (χ1v) is 7.16.